The zero-order chi connectivity index (χ0) is 13.3. The minimum absolute atomic E-state index is 0.0463. The second kappa shape index (κ2) is 5.37. The quantitative estimate of drug-likeness (QED) is 0.678. The lowest BCUT2D eigenvalue weighted by atomic mass is 9.95. The maximum absolute atomic E-state index is 12.7. The van der Waals surface area contributed by atoms with E-state index in [4.69, 9.17) is 0 Å². The number of aryl methyl sites for hydroxylation is 2. The van der Waals surface area contributed by atoms with E-state index >= 15 is 0 Å². The highest BCUT2D eigenvalue weighted by molar-refractivity contribution is 9.11. The molecule has 0 aromatic heterocycles. The Morgan fingerprint density at radius 2 is 1.28 bits per heavy atom. The van der Waals surface area contributed by atoms with Crippen LogP contribution in [0.3, 0.4) is 0 Å². The molecule has 2 aromatic carbocycles. The second-order valence-electron chi connectivity index (χ2n) is 4.19. The smallest absolute Gasteiger partial charge is 0.195 e. The molecule has 0 unspecified atom stereocenters. The normalized spacial score (nSPS) is 10.4. The van der Waals surface area contributed by atoms with Gasteiger partial charge >= 0.3 is 0 Å². The van der Waals surface area contributed by atoms with Gasteiger partial charge in [-0.15, -0.1) is 0 Å². The van der Waals surface area contributed by atoms with Crippen LogP contribution >= 0.6 is 31.9 Å². The number of hydrogen-bond acceptors (Lipinski definition) is 1. The average Bonchev–Trinajstić information content (AvgIpc) is 2.28. The first-order chi connectivity index (χ1) is 8.52. The van der Waals surface area contributed by atoms with E-state index < -0.39 is 0 Å². The molecule has 18 heavy (non-hydrogen) atoms. The van der Waals surface area contributed by atoms with Crippen LogP contribution < -0.4 is 0 Å². The van der Waals surface area contributed by atoms with Crippen LogP contribution in [0.15, 0.2) is 45.3 Å². The van der Waals surface area contributed by atoms with E-state index in [1.54, 1.807) is 0 Å². The van der Waals surface area contributed by atoms with Gasteiger partial charge in [-0.05, 0) is 69.0 Å². The summed E-state index contributed by atoms with van der Waals surface area (Å²) in [4.78, 5) is 12.7. The fraction of sp³-hybridized carbons (Fsp3) is 0.133. The Morgan fingerprint density at radius 1 is 0.833 bits per heavy atom. The number of rotatable bonds is 2. The Labute approximate surface area is 123 Å². The van der Waals surface area contributed by atoms with E-state index in [1.807, 2.05) is 50.2 Å². The lowest BCUT2D eigenvalue weighted by Gasteiger charge is -2.11. The SMILES string of the molecule is Cc1cccc(C)c1C(=O)c1c(Br)cccc1Br. The fourth-order valence-electron chi connectivity index (χ4n) is 2.01. The van der Waals surface area contributed by atoms with Crippen LogP contribution in [0.5, 0.6) is 0 Å². The molecule has 0 N–H and O–H groups in total. The maximum atomic E-state index is 12.7. The molecule has 0 bridgehead atoms. The summed E-state index contributed by atoms with van der Waals surface area (Å²) in [5.74, 6) is 0.0463. The van der Waals surface area contributed by atoms with Gasteiger partial charge in [-0.25, -0.2) is 0 Å². The first-order valence-corrected chi connectivity index (χ1v) is 7.16. The molecule has 0 saturated heterocycles. The summed E-state index contributed by atoms with van der Waals surface area (Å²) in [5, 5.41) is 0. The third kappa shape index (κ3) is 2.43. The Morgan fingerprint density at radius 3 is 1.78 bits per heavy atom. The third-order valence-corrected chi connectivity index (χ3v) is 4.22. The van der Waals surface area contributed by atoms with Crippen molar-refractivity contribution >= 4 is 37.6 Å². The molecule has 0 saturated carbocycles. The summed E-state index contributed by atoms with van der Waals surface area (Å²) in [6.07, 6.45) is 0. The fourth-order valence-corrected chi connectivity index (χ4v) is 3.37. The minimum Gasteiger partial charge on any atom is -0.289 e. The van der Waals surface area contributed by atoms with E-state index in [0.29, 0.717) is 5.56 Å². The molecule has 2 aromatic rings. The molecule has 3 heteroatoms. The average molecular weight is 368 g/mol. The van der Waals surface area contributed by atoms with Crippen molar-refractivity contribution in [1.29, 1.82) is 0 Å². The zero-order valence-corrected chi connectivity index (χ0v) is 13.3. The van der Waals surface area contributed by atoms with Crippen molar-refractivity contribution in [3.8, 4) is 0 Å². The van der Waals surface area contributed by atoms with Gasteiger partial charge in [0.1, 0.15) is 0 Å². The highest BCUT2D eigenvalue weighted by Gasteiger charge is 2.19. The topological polar surface area (TPSA) is 17.1 Å². The maximum Gasteiger partial charge on any atom is 0.195 e. The number of hydrogen-bond donors (Lipinski definition) is 0. The van der Waals surface area contributed by atoms with Crippen molar-refractivity contribution in [2.45, 2.75) is 13.8 Å². The van der Waals surface area contributed by atoms with Crippen molar-refractivity contribution < 1.29 is 4.79 Å². The Kier molecular flexibility index (Phi) is 4.03. The van der Waals surface area contributed by atoms with Crippen LogP contribution in [-0.2, 0) is 0 Å². The Bertz CT molecular complexity index is 524. The highest BCUT2D eigenvalue weighted by Crippen LogP contribution is 2.29. The van der Waals surface area contributed by atoms with Gasteiger partial charge < -0.3 is 0 Å². The van der Waals surface area contributed by atoms with Crippen LogP contribution in [0.2, 0.25) is 0 Å². The first-order valence-electron chi connectivity index (χ1n) is 5.57. The molecule has 92 valence electrons. The lowest BCUT2D eigenvalue weighted by Crippen LogP contribution is -2.07. The summed E-state index contributed by atoms with van der Waals surface area (Å²) < 4.78 is 1.62. The van der Waals surface area contributed by atoms with E-state index in [9.17, 15) is 4.79 Å². The molecule has 0 aliphatic rings. The zero-order valence-electron chi connectivity index (χ0n) is 10.1. The number of benzene rings is 2. The number of ketones is 1. The van der Waals surface area contributed by atoms with Crippen LogP contribution in [0.25, 0.3) is 0 Å². The van der Waals surface area contributed by atoms with Gasteiger partial charge in [0.25, 0.3) is 0 Å². The molecule has 2 rings (SSSR count). The summed E-state index contributed by atoms with van der Waals surface area (Å²) in [7, 11) is 0. The molecule has 0 aliphatic carbocycles. The minimum atomic E-state index is 0.0463. The summed E-state index contributed by atoms with van der Waals surface area (Å²) in [6, 6.07) is 11.6. The van der Waals surface area contributed by atoms with Crippen LogP contribution in [0.1, 0.15) is 27.0 Å². The second-order valence-corrected chi connectivity index (χ2v) is 5.90. The molecule has 0 atom stereocenters. The van der Waals surface area contributed by atoms with E-state index in [1.165, 1.54) is 0 Å². The summed E-state index contributed by atoms with van der Waals surface area (Å²) >= 11 is 6.89. The van der Waals surface area contributed by atoms with Gasteiger partial charge in [0, 0.05) is 14.5 Å². The lowest BCUT2D eigenvalue weighted by molar-refractivity contribution is 0.103. The molecule has 0 aliphatic heterocycles. The van der Waals surface area contributed by atoms with Crippen molar-refractivity contribution in [2.75, 3.05) is 0 Å². The van der Waals surface area contributed by atoms with Crippen molar-refractivity contribution in [2.24, 2.45) is 0 Å². The number of carbonyl (C=O) groups excluding carboxylic acids is 1. The van der Waals surface area contributed by atoms with Crippen molar-refractivity contribution in [3.63, 3.8) is 0 Å². The molecule has 1 nitrogen and oxygen atoms in total. The number of carbonyl (C=O) groups is 1. The van der Waals surface area contributed by atoms with Crippen molar-refractivity contribution in [3.05, 3.63) is 67.6 Å². The highest BCUT2D eigenvalue weighted by atomic mass is 79.9. The predicted octanol–water partition coefficient (Wildman–Crippen LogP) is 5.06. The van der Waals surface area contributed by atoms with E-state index in [0.717, 1.165) is 25.6 Å². The molecule has 0 radical (unpaired) electrons. The third-order valence-electron chi connectivity index (χ3n) is 2.90. The van der Waals surface area contributed by atoms with Gasteiger partial charge in [0.05, 0.1) is 5.56 Å². The standard InChI is InChI=1S/C15H12Br2O/c1-9-5-3-6-10(2)13(9)15(18)14-11(16)7-4-8-12(14)17/h3-8H,1-2H3. The molecule has 0 amide bonds. The molecule has 0 heterocycles. The van der Waals surface area contributed by atoms with Crippen molar-refractivity contribution in [1.82, 2.24) is 0 Å². The van der Waals surface area contributed by atoms with Crippen LogP contribution in [-0.4, -0.2) is 5.78 Å². The number of halogens is 2. The molecule has 0 spiro atoms. The van der Waals surface area contributed by atoms with Gasteiger partial charge in [-0.1, -0.05) is 24.3 Å². The summed E-state index contributed by atoms with van der Waals surface area (Å²) in [5.41, 5.74) is 3.46. The molecular formula is C15H12Br2O. The Balaban J connectivity index is 2.63. The van der Waals surface area contributed by atoms with Gasteiger partial charge in [0.2, 0.25) is 0 Å². The Hall–Kier alpha value is -0.930. The van der Waals surface area contributed by atoms with E-state index in [2.05, 4.69) is 31.9 Å². The van der Waals surface area contributed by atoms with Gasteiger partial charge in [0.15, 0.2) is 5.78 Å². The molecule has 0 fully saturated rings. The predicted molar refractivity (Wildman–Crippen MR) is 81.2 cm³/mol. The summed E-state index contributed by atoms with van der Waals surface area (Å²) in [6.45, 7) is 3.93. The first kappa shape index (κ1) is 13.5. The van der Waals surface area contributed by atoms with Gasteiger partial charge in [-0.3, -0.25) is 4.79 Å². The molecular weight excluding hydrogens is 356 g/mol. The van der Waals surface area contributed by atoms with Crippen LogP contribution in [0.4, 0.5) is 0 Å². The van der Waals surface area contributed by atoms with Gasteiger partial charge in [-0.2, -0.15) is 0 Å². The van der Waals surface area contributed by atoms with Crippen LogP contribution in [0, 0.1) is 13.8 Å². The largest absolute Gasteiger partial charge is 0.289 e. The van der Waals surface area contributed by atoms with E-state index in [-0.39, 0.29) is 5.78 Å². The monoisotopic (exact) mass is 366 g/mol.